The Morgan fingerprint density at radius 3 is 3.06 bits per heavy atom. The summed E-state index contributed by atoms with van der Waals surface area (Å²) in [6.45, 7) is 4.12. The lowest BCUT2D eigenvalue weighted by Gasteiger charge is -2.34. The Balaban J connectivity index is 2.03. The number of nitrogens with one attached hydrogen (secondary N) is 1. The van der Waals surface area contributed by atoms with Gasteiger partial charge in [0.25, 0.3) is 0 Å². The number of hydrogen-bond donors (Lipinski definition) is 2. The monoisotopic (exact) mass is 253 g/mol. The van der Waals surface area contributed by atoms with E-state index in [-0.39, 0.29) is 5.91 Å². The quantitative estimate of drug-likeness (QED) is 0.849. The van der Waals surface area contributed by atoms with Crippen LogP contribution in [0, 0.1) is 12.8 Å². The Hall–Kier alpha value is -0.940. The third-order valence-corrected chi connectivity index (χ3v) is 4.15. The summed E-state index contributed by atoms with van der Waals surface area (Å²) in [6.07, 6.45) is 5.49. The van der Waals surface area contributed by atoms with Crippen molar-refractivity contribution < 1.29 is 4.79 Å². The van der Waals surface area contributed by atoms with E-state index in [4.69, 9.17) is 5.73 Å². The summed E-state index contributed by atoms with van der Waals surface area (Å²) in [5, 5.41) is 3.49. The van der Waals surface area contributed by atoms with Gasteiger partial charge in [-0.1, -0.05) is 19.8 Å². The number of amides is 1. The zero-order valence-corrected chi connectivity index (χ0v) is 11.1. The molecule has 17 heavy (non-hydrogen) atoms. The SMILES string of the molecule is Cc1cnc(NC(=O)C2(N)CCCC(C)C2)s1. The fourth-order valence-corrected chi connectivity index (χ4v) is 3.09. The second-order valence-electron chi connectivity index (χ2n) is 5.09. The lowest BCUT2D eigenvalue weighted by molar-refractivity contribution is -0.122. The number of hydrogen-bond acceptors (Lipinski definition) is 4. The Bertz CT molecular complexity index is 418. The standard InChI is InChI=1S/C12H19N3OS/c1-8-4-3-5-12(13,6-8)10(16)15-11-14-7-9(2)17-11/h7-8H,3-6,13H2,1-2H3,(H,14,15,16). The Morgan fingerprint density at radius 1 is 1.71 bits per heavy atom. The highest BCUT2D eigenvalue weighted by Gasteiger charge is 2.38. The van der Waals surface area contributed by atoms with Gasteiger partial charge in [-0.05, 0) is 25.7 Å². The normalized spacial score (nSPS) is 29.0. The number of anilines is 1. The third kappa shape index (κ3) is 2.84. The van der Waals surface area contributed by atoms with E-state index in [1.807, 2.05) is 6.92 Å². The summed E-state index contributed by atoms with van der Waals surface area (Å²) in [7, 11) is 0. The zero-order valence-electron chi connectivity index (χ0n) is 10.3. The van der Waals surface area contributed by atoms with E-state index < -0.39 is 5.54 Å². The molecule has 5 heteroatoms. The van der Waals surface area contributed by atoms with Crippen LogP contribution in [0.3, 0.4) is 0 Å². The topological polar surface area (TPSA) is 68.0 Å². The number of carbonyl (C=O) groups is 1. The van der Waals surface area contributed by atoms with Crippen LogP contribution in [-0.2, 0) is 4.79 Å². The number of nitrogens with zero attached hydrogens (tertiary/aromatic N) is 1. The van der Waals surface area contributed by atoms with Crippen LogP contribution in [0.2, 0.25) is 0 Å². The highest BCUT2D eigenvalue weighted by molar-refractivity contribution is 7.15. The van der Waals surface area contributed by atoms with Crippen LogP contribution in [-0.4, -0.2) is 16.4 Å². The highest BCUT2D eigenvalue weighted by atomic mass is 32.1. The van der Waals surface area contributed by atoms with Crippen LogP contribution in [0.1, 0.15) is 37.5 Å². The molecule has 1 aliphatic carbocycles. The molecule has 1 fully saturated rings. The average Bonchev–Trinajstić information content (AvgIpc) is 2.63. The summed E-state index contributed by atoms with van der Waals surface area (Å²) in [6, 6.07) is 0. The minimum atomic E-state index is -0.711. The molecule has 1 aromatic rings. The molecule has 1 aromatic heterocycles. The van der Waals surface area contributed by atoms with Crippen LogP contribution < -0.4 is 11.1 Å². The molecule has 2 unspecified atom stereocenters. The van der Waals surface area contributed by atoms with Gasteiger partial charge in [0.1, 0.15) is 0 Å². The first-order valence-corrected chi connectivity index (χ1v) is 6.84. The van der Waals surface area contributed by atoms with E-state index in [1.165, 1.54) is 17.8 Å². The van der Waals surface area contributed by atoms with Crippen LogP contribution in [0.5, 0.6) is 0 Å². The molecule has 0 radical (unpaired) electrons. The Labute approximate surface area is 106 Å². The first-order valence-electron chi connectivity index (χ1n) is 6.02. The molecular weight excluding hydrogens is 234 g/mol. The maximum absolute atomic E-state index is 12.2. The van der Waals surface area contributed by atoms with Crippen LogP contribution in [0.25, 0.3) is 0 Å². The minimum Gasteiger partial charge on any atom is -0.317 e. The van der Waals surface area contributed by atoms with E-state index in [0.717, 1.165) is 24.1 Å². The molecule has 1 saturated carbocycles. The van der Waals surface area contributed by atoms with E-state index in [2.05, 4.69) is 17.2 Å². The number of nitrogens with two attached hydrogens (primary N) is 1. The predicted molar refractivity (Wildman–Crippen MR) is 70.0 cm³/mol. The fourth-order valence-electron chi connectivity index (χ4n) is 2.43. The predicted octanol–water partition coefficient (Wildman–Crippen LogP) is 2.30. The summed E-state index contributed by atoms with van der Waals surface area (Å²) >= 11 is 1.48. The molecule has 1 aliphatic rings. The van der Waals surface area contributed by atoms with E-state index in [9.17, 15) is 4.79 Å². The largest absolute Gasteiger partial charge is 0.317 e. The second-order valence-corrected chi connectivity index (χ2v) is 6.32. The molecule has 0 bridgehead atoms. The average molecular weight is 253 g/mol. The summed E-state index contributed by atoms with van der Waals surface area (Å²) in [4.78, 5) is 17.4. The van der Waals surface area contributed by atoms with Crippen molar-refractivity contribution in [3.8, 4) is 0 Å². The lowest BCUT2D eigenvalue weighted by atomic mass is 9.76. The van der Waals surface area contributed by atoms with Gasteiger partial charge in [-0.3, -0.25) is 4.79 Å². The molecule has 0 saturated heterocycles. The number of rotatable bonds is 2. The van der Waals surface area contributed by atoms with E-state index >= 15 is 0 Å². The molecule has 2 atom stereocenters. The molecule has 0 aliphatic heterocycles. The molecule has 94 valence electrons. The zero-order chi connectivity index (χ0) is 12.5. The molecule has 3 N–H and O–H groups in total. The Morgan fingerprint density at radius 2 is 2.47 bits per heavy atom. The summed E-state index contributed by atoms with van der Waals surface area (Å²) < 4.78 is 0. The highest BCUT2D eigenvalue weighted by Crippen LogP contribution is 2.31. The Kier molecular flexibility index (Phi) is 3.49. The van der Waals surface area contributed by atoms with Gasteiger partial charge < -0.3 is 11.1 Å². The van der Waals surface area contributed by atoms with Gasteiger partial charge in [-0.2, -0.15) is 0 Å². The van der Waals surface area contributed by atoms with Gasteiger partial charge in [0.05, 0.1) is 5.54 Å². The van der Waals surface area contributed by atoms with Crippen LogP contribution in [0.4, 0.5) is 5.13 Å². The summed E-state index contributed by atoms with van der Waals surface area (Å²) in [5.41, 5.74) is 5.50. The molecule has 0 aromatic carbocycles. The molecule has 1 heterocycles. The lowest BCUT2D eigenvalue weighted by Crippen LogP contribution is -2.53. The molecule has 1 amide bonds. The molecule has 2 rings (SSSR count). The number of aromatic nitrogens is 1. The number of carbonyl (C=O) groups excluding carboxylic acids is 1. The van der Waals surface area contributed by atoms with Crippen molar-refractivity contribution in [1.29, 1.82) is 0 Å². The maximum Gasteiger partial charge on any atom is 0.246 e. The van der Waals surface area contributed by atoms with Crippen LogP contribution in [0.15, 0.2) is 6.20 Å². The van der Waals surface area contributed by atoms with Gasteiger partial charge in [-0.25, -0.2) is 4.98 Å². The number of thiazole rings is 1. The van der Waals surface area contributed by atoms with Crippen molar-refractivity contribution in [2.45, 2.75) is 45.1 Å². The first kappa shape index (κ1) is 12.5. The van der Waals surface area contributed by atoms with Crippen molar-refractivity contribution in [3.05, 3.63) is 11.1 Å². The van der Waals surface area contributed by atoms with Gasteiger partial charge in [0.2, 0.25) is 5.91 Å². The number of aryl methyl sites for hydroxylation is 1. The third-order valence-electron chi connectivity index (χ3n) is 3.33. The van der Waals surface area contributed by atoms with Gasteiger partial charge in [0.15, 0.2) is 5.13 Å². The van der Waals surface area contributed by atoms with Gasteiger partial charge >= 0.3 is 0 Å². The summed E-state index contributed by atoms with van der Waals surface area (Å²) in [5.74, 6) is 0.441. The smallest absolute Gasteiger partial charge is 0.246 e. The maximum atomic E-state index is 12.2. The molecule has 4 nitrogen and oxygen atoms in total. The van der Waals surface area contributed by atoms with E-state index in [0.29, 0.717) is 11.0 Å². The fraction of sp³-hybridized carbons (Fsp3) is 0.667. The molecular formula is C12H19N3OS. The first-order chi connectivity index (χ1) is 7.99. The van der Waals surface area contributed by atoms with Crippen LogP contribution >= 0.6 is 11.3 Å². The van der Waals surface area contributed by atoms with Crippen molar-refractivity contribution in [2.24, 2.45) is 11.7 Å². The van der Waals surface area contributed by atoms with Crippen molar-refractivity contribution in [1.82, 2.24) is 4.98 Å². The van der Waals surface area contributed by atoms with Crippen molar-refractivity contribution in [2.75, 3.05) is 5.32 Å². The van der Waals surface area contributed by atoms with Crippen molar-refractivity contribution >= 4 is 22.4 Å². The second kappa shape index (κ2) is 4.74. The van der Waals surface area contributed by atoms with Crippen molar-refractivity contribution in [3.63, 3.8) is 0 Å². The minimum absolute atomic E-state index is 0.0848. The molecule has 0 spiro atoms. The van der Waals surface area contributed by atoms with Gasteiger partial charge in [-0.15, -0.1) is 11.3 Å². The van der Waals surface area contributed by atoms with E-state index in [1.54, 1.807) is 6.20 Å². The van der Waals surface area contributed by atoms with Gasteiger partial charge in [0, 0.05) is 11.1 Å².